The van der Waals surface area contributed by atoms with Crippen molar-refractivity contribution in [2.75, 3.05) is 25.5 Å². The molecule has 0 fully saturated rings. The van der Waals surface area contributed by atoms with Crippen molar-refractivity contribution in [3.8, 4) is 0 Å². The fourth-order valence-electron chi connectivity index (χ4n) is 2.39. The molecule has 0 radical (unpaired) electrons. The van der Waals surface area contributed by atoms with Gasteiger partial charge in [-0.2, -0.15) is 0 Å². The molecule has 0 spiro atoms. The summed E-state index contributed by atoms with van der Waals surface area (Å²) in [5.74, 6) is -1.24. The number of thiocarbonyl (C=S) groups is 1. The average Bonchev–Trinajstić information content (AvgIpc) is 2.60. The number of nitrogens with zero attached hydrogens (tertiary/aromatic N) is 2. The molecule has 0 unspecified atom stereocenters. The highest BCUT2D eigenvalue weighted by Gasteiger charge is 2.10. The molecule has 2 rings (SSSR count). The molecule has 0 aliphatic heterocycles. The Morgan fingerprint density at radius 3 is 2.58 bits per heavy atom. The smallest absolute Gasteiger partial charge is 0.149 e. The van der Waals surface area contributed by atoms with E-state index in [0.717, 1.165) is 35.0 Å². The van der Waals surface area contributed by atoms with E-state index in [1.54, 1.807) is 6.34 Å². The lowest BCUT2D eigenvalue weighted by Gasteiger charge is -2.14. The maximum Gasteiger partial charge on any atom is 0.149 e. The van der Waals surface area contributed by atoms with E-state index in [2.05, 4.69) is 17.2 Å². The van der Waals surface area contributed by atoms with E-state index in [0.29, 0.717) is 11.4 Å². The summed E-state index contributed by atoms with van der Waals surface area (Å²) in [4.78, 5) is 7.17. The van der Waals surface area contributed by atoms with Crippen molar-refractivity contribution in [1.29, 1.82) is 0 Å². The lowest BCUT2D eigenvalue weighted by Crippen LogP contribution is -2.15. The van der Waals surface area contributed by atoms with E-state index in [9.17, 15) is 8.78 Å². The van der Waals surface area contributed by atoms with Crippen LogP contribution in [0.15, 0.2) is 35.3 Å². The first kappa shape index (κ1) is 20.0. The number of nitrogens with one attached hydrogen (secondary N) is 1. The van der Waals surface area contributed by atoms with Crippen LogP contribution in [-0.2, 0) is 0 Å². The first-order valence-electron chi connectivity index (χ1n) is 8.39. The van der Waals surface area contributed by atoms with Crippen LogP contribution < -0.4 is 5.32 Å². The van der Waals surface area contributed by atoms with E-state index < -0.39 is 11.6 Å². The lowest BCUT2D eigenvalue weighted by molar-refractivity contribution is 0.552. The van der Waals surface area contributed by atoms with Crippen molar-refractivity contribution in [3.63, 3.8) is 0 Å². The molecule has 0 aliphatic carbocycles. The zero-order valence-corrected chi connectivity index (χ0v) is 16.3. The summed E-state index contributed by atoms with van der Waals surface area (Å²) >= 11 is 5.50. The summed E-state index contributed by atoms with van der Waals surface area (Å²) in [7, 11) is 1.97. The molecule has 0 saturated carbocycles. The van der Waals surface area contributed by atoms with Gasteiger partial charge in [0.05, 0.1) is 24.3 Å². The molecule has 0 aromatic heterocycles. The molecular weight excluding hydrogens is 352 g/mol. The van der Waals surface area contributed by atoms with Crippen molar-refractivity contribution in [2.45, 2.75) is 20.8 Å². The van der Waals surface area contributed by atoms with E-state index in [1.165, 1.54) is 12.1 Å². The molecular formula is C20H23F2N3S. The molecule has 1 N–H and O–H groups in total. The van der Waals surface area contributed by atoms with Crippen LogP contribution in [-0.4, -0.2) is 36.2 Å². The van der Waals surface area contributed by atoms with Crippen LogP contribution in [0.2, 0.25) is 0 Å². The molecule has 2 aromatic rings. The Bertz CT molecular complexity index is 834. The molecule has 0 bridgehead atoms. The zero-order chi connectivity index (χ0) is 19.3. The van der Waals surface area contributed by atoms with E-state index in [1.807, 2.05) is 37.9 Å². The minimum Gasteiger partial charge on any atom is -0.378 e. The number of halogens is 2. The predicted molar refractivity (Wildman–Crippen MR) is 109 cm³/mol. The summed E-state index contributed by atoms with van der Waals surface area (Å²) in [5, 5.41) is 2.93. The number of anilines is 1. The van der Waals surface area contributed by atoms with Gasteiger partial charge in [-0.05, 0) is 61.7 Å². The van der Waals surface area contributed by atoms with Crippen LogP contribution in [0.3, 0.4) is 0 Å². The molecule has 0 saturated heterocycles. The predicted octanol–water partition coefficient (Wildman–Crippen LogP) is 5.02. The van der Waals surface area contributed by atoms with Gasteiger partial charge in [0.2, 0.25) is 0 Å². The maximum atomic E-state index is 13.7. The average molecular weight is 375 g/mol. The second kappa shape index (κ2) is 8.85. The summed E-state index contributed by atoms with van der Waals surface area (Å²) in [6, 6.07) is 7.42. The molecule has 138 valence electrons. The fraction of sp³-hybridized carbons (Fsp3) is 0.300. The van der Waals surface area contributed by atoms with Crippen LogP contribution >= 0.6 is 12.2 Å². The second-order valence-corrected chi connectivity index (χ2v) is 6.67. The van der Waals surface area contributed by atoms with E-state index in [-0.39, 0.29) is 5.69 Å². The van der Waals surface area contributed by atoms with Crippen LogP contribution in [0, 0.1) is 25.5 Å². The zero-order valence-electron chi connectivity index (χ0n) is 15.4. The monoisotopic (exact) mass is 375 g/mol. The number of hydrogen-bond acceptors (Lipinski definition) is 3. The van der Waals surface area contributed by atoms with Gasteiger partial charge in [0.25, 0.3) is 0 Å². The van der Waals surface area contributed by atoms with Crippen LogP contribution in [0.4, 0.5) is 20.2 Å². The highest BCUT2D eigenvalue weighted by molar-refractivity contribution is 7.81. The molecule has 2 aromatic carbocycles. The summed E-state index contributed by atoms with van der Waals surface area (Å²) in [6.07, 6.45) is 1.80. The van der Waals surface area contributed by atoms with Gasteiger partial charge in [0.15, 0.2) is 0 Å². The molecule has 26 heavy (non-hydrogen) atoms. The number of hydrogen-bond donors (Lipinski definition) is 1. The van der Waals surface area contributed by atoms with Crippen molar-refractivity contribution in [3.05, 3.63) is 58.7 Å². The molecule has 0 amide bonds. The minimum atomic E-state index is -0.634. The number of aliphatic imine (C=N–C) groups is 1. The molecule has 0 aliphatic rings. The third kappa shape index (κ3) is 5.08. The minimum absolute atomic E-state index is 0.229. The van der Waals surface area contributed by atoms with Gasteiger partial charge < -0.3 is 10.2 Å². The van der Waals surface area contributed by atoms with E-state index in [4.69, 9.17) is 12.2 Å². The van der Waals surface area contributed by atoms with Gasteiger partial charge in [0, 0.05) is 24.5 Å². The van der Waals surface area contributed by atoms with Crippen LogP contribution in [0.5, 0.6) is 0 Å². The van der Waals surface area contributed by atoms with Crippen LogP contribution in [0.1, 0.15) is 23.6 Å². The largest absolute Gasteiger partial charge is 0.378 e. The Morgan fingerprint density at radius 2 is 1.92 bits per heavy atom. The van der Waals surface area contributed by atoms with Crippen molar-refractivity contribution < 1.29 is 8.78 Å². The second-order valence-electron chi connectivity index (χ2n) is 6.17. The van der Waals surface area contributed by atoms with Crippen molar-refractivity contribution in [1.82, 2.24) is 4.90 Å². The molecule has 0 heterocycles. The van der Waals surface area contributed by atoms with E-state index >= 15 is 0 Å². The quantitative estimate of drug-likeness (QED) is 0.319. The Hall–Kier alpha value is -2.34. The third-order valence-corrected chi connectivity index (χ3v) is 4.47. The van der Waals surface area contributed by atoms with Gasteiger partial charge in [-0.3, -0.25) is 0 Å². The van der Waals surface area contributed by atoms with Gasteiger partial charge in [-0.1, -0.05) is 12.2 Å². The lowest BCUT2D eigenvalue weighted by atomic mass is 10.0. The molecule has 3 nitrogen and oxygen atoms in total. The Morgan fingerprint density at radius 1 is 1.19 bits per heavy atom. The summed E-state index contributed by atoms with van der Waals surface area (Å²) < 4.78 is 26.7. The Balaban J connectivity index is 2.13. The number of benzene rings is 2. The first-order chi connectivity index (χ1) is 12.3. The van der Waals surface area contributed by atoms with Gasteiger partial charge >= 0.3 is 0 Å². The number of rotatable bonds is 7. The summed E-state index contributed by atoms with van der Waals surface area (Å²) in [6.45, 7) is 7.19. The highest BCUT2D eigenvalue weighted by Crippen LogP contribution is 2.24. The highest BCUT2D eigenvalue weighted by atomic mass is 32.1. The fourth-order valence-corrected chi connectivity index (χ4v) is 2.68. The van der Waals surface area contributed by atoms with Gasteiger partial charge in [-0.25, -0.2) is 13.8 Å². The number of aryl methyl sites for hydroxylation is 2. The Labute approximate surface area is 158 Å². The standard InChI is InChI=1S/C20H23F2N3S/c1-5-25(4)12-24-19-9-13(2)16(8-14(19)3)20(26)11-23-18-7-6-15(21)10-17(18)22/h6-10,12,23H,5,11H2,1-4H3/b24-12-. The first-order valence-corrected chi connectivity index (χ1v) is 8.80. The van der Waals surface area contributed by atoms with Gasteiger partial charge in [0.1, 0.15) is 11.6 Å². The van der Waals surface area contributed by atoms with Crippen molar-refractivity contribution in [2.24, 2.45) is 4.99 Å². The SMILES string of the molecule is CCN(C)/C=N\c1cc(C)c(C(=S)CNc2ccc(F)cc2F)cc1C. The summed E-state index contributed by atoms with van der Waals surface area (Å²) in [5.41, 5.74) is 4.07. The molecule has 0 atom stereocenters. The third-order valence-electron chi connectivity index (χ3n) is 4.11. The van der Waals surface area contributed by atoms with Gasteiger partial charge in [-0.15, -0.1) is 0 Å². The van der Waals surface area contributed by atoms with Crippen molar-refractivity contribution >= 4 is 34.8 Å². The Kier molecular flexibility index (Phi) is 6.80. The topological polar surface area (TPSA) is 27.6 Å². The normalized spacial score (nSPS) is 11.0. The maximum absolute atomic E-state index is 13.7. The molecule has 6 heteroatoms. The van der Waals surface area contributed by atoms with Crippen LogP contribution in [0.25, 0.3) is 0 Å².